The van der Waals surface area contributed by atoms with Gasteiger partial charge in [-0.1, -0.05) is 38.2 Å². The molecule has 0 bridgehead atoms. The van der Waals surface area contributed by atoms with Gasteiger partial charge in [-0.2, -0.15) is 0 Å². The van der Waals surface area contributed by atoms with Crippen LogP contribution in [0, 0.1) is 17.8 Å². The minimum Gasteiger partial charge on any atom is -0.465 e. The molecule has 13 atom stereocenters. The van der Waals surface area contributed by atoms with E-state index in [1.807, 2.05) is 71.8 Å². The van der Waals surface area contributed by atoms with Crippen molar-refractivity contribution in [2.24, 2.45) is 17.8 Å². The summed E-state index contributed by atoms with van der Waals surface area (Å²) < 4.78 is 30.2. The molecule has 2 aliphatic rings. The fourth-order valence-corrected chi connectivity index (χ4v) is 6.96. The lowest BCUT2D eigenvalue weighted by molar-refractivity contribution is -0.335. The van der Waals surface area contributed by atoms with Crippen LogP contribution in [0.2, 0.25) is 0 Å². The number of hydrogen-bond donors (Lipinski definition) is 2. The van der Waals surface area contributed by atoms with Crippen molar-refractivity contribution in [2.75, 3.05) is 14.1 Å². The Balaban J connectivity index is 2.03. The van der Waals surface area contributed by atoms with Gasteiger partial charge in [-0.15, -0.1) is 0 Å². The Bertz CT molecular complexity index is 925. The highest BCUT2D eigenvalue weighted by molar-refractivity contribution is 5.49. The highest BCUT2D eigenvalue weighted by Gasteiger charge is 2.50. The van der Waals surface area contributed by atoms with Gasteiger partial charge in [0.1, 0.15) is 24.6 Å². The van der Waals surface area contributed by atoms with E-state index < -0.39 is 42.5 Å². The fourth-order valence-electron chi connectivity index (χ4n) is 6.96. The molecule has 2 N–H and O–H groups in total. The van der Waals surface area contributed by atoms with Gasteiger partial charge in [0, 0.05) is 25.2 Å². The Kier molecular flexibility index (Phi) is 16.9. The number of likely N-dealkylation sites (N-methyl/N-ethyl adjacent to an activating group) is 1. The van der Waals surface area contributed by atoms with Crippen LogP contribution in [0.15, 0.2) is 24.3 Å². The molecule has 2 heterocycles. The molecule has 10 heteroatoms. The van der Waals surface area contributed by atoms with E-state index >= 15 is 0 Å². The van der Waals surface area contributed by atoms with Crippen LogP contribution in [0.25, 0.3) is 0 Å². The number of aldehydes is 1. The van der Waals surface area contributed by atoms with Gasteiger partial charge in [0.25, 0.3) is 6.47 Å². The Morgan fingerprint density at radius 1 is 1.04 bits per heavy atom. The van der Waals surface area contributed by atoms with Crippen LogP contribution in [0.3, 0.4) is 0 Å². The van der Waals surface area contributed by atoms with Gasteiger partial charge in [0.2, 0.25) is 0 Å². The number of aliphatic hydroxyl groups excluding tert-OH is 1. The summed E-state index contributed by atoms with van der Waals surface area (Å²) in [6, 6.07) is -0.433. The molecule has 2 aliphatic heterocycles. The van der Waals surface area contributed by atoms with Crippen molar-refractivity contribution in [1.29, 1.82) is 0 Å². The highest BCUT2D eigenvalue weighted by atomic mass is 16.7. The topological polar surface area (TPSA) is 124 Å². The summed E-state index contributed by atoms with van der Waals surface area (Å²) in [5.74, 6) is 0.457. The van der Waals surface area contributed by atoms with Gasteiger partial charge in [0.15, 0.2) is 12.6 Å². The minimum absolute atomic E-state index is 0.0130. The minimum atomic E-state index is -0.993. The zero-order valence-electron chi connectivity index (χ0n) is 29.0. The molecule has 13 unspecified atom stereocenters. The zero-order valence-corrected chi connectivity index (χ0v) is 29.0. The number of allylic oxidation sites excluding steroid dienone is 3. The predicted octanol–water partition coefficient (Wildman–Crippen LogP) is 4.80. The molecule has 260 valence electrons. The Hall–Kier alpha value is -1.66. The Morgan fingerprint density at radius 3 is 2.29 bits per heavy atom. The van der Waals surface area contributed by atoms with Crippen LogP contribution in [-0.4, -0.2) is 103 Å². The molecule has 0 spiro atoms. The maximum atomic E-state index is 11.5. The second kappa shape index (κ2) is 19.2. The number of ether oxygens (including phenoxy) is 5. The average molecular weight is 640 g/mol. The molecule has 0 aromatic heterocycles. The van der Waals surface area contributed by atoms with Crippen molar-refractivity contribution >= 4 is 12.8 Å². The van der Waals surface area contributed by atoms with Gasteiger partial charge < -0.3 is 43.6 Å². The maximum Gasteiger partial charge on any atom is 0.293 e. The number of nitrogens with zero attached hydrogens (tertiary/aromatic N) is 1. The van der Waals surface area contributed by atoms with Gasteiger partial charge in [0.05, 0.1) is 30.0 Å². The normalized spacial score (nSPS) is 35.4. The zero-order chi connectivity index (χ0) is 33.7. The third-order valence-electron chi connectivity index (χ3n) is 9.48. The van der Waals surface area contributed by atoms with E-state index in [1.165, 1.54) is 0 Å². The van der Waals surface area contributed by atoms with Crippen LogP contribution in [0.4, 0.5) is 0 Å². The van der Waals surface area contributed by atoms with Gasteiger partial charge in [-0.3, -0.25) is 4.79 Å². The number of carbonyl (C=O) groups is 2. The van der Waals surface area contributed by atoms with Crippen LogP contribution in [0.5, 0.6) is 0 Å². The molecule has 10 nitrogen and oxygen atoms in total. The summed E-state index contributed by atoms with van der Waals surface area (Å²) in [6.45, 7) is 14.3. The standard InChI is InChI=1S/C35H61NO9/c1-10-29-26(5)42-30(21-35(29,7)40)45-33-27(6)44-34(32(39)31(33)36(8)9)43-25(4)28(18-15-19-37)20-23(2)16-13-11-12-14-17-24(3)41-22-38/h11-14,19,22-34,39-40H,10,15-18,20-21H2,1-9H3/b13-11+,14-12+. The third kappa shape index (κ3) is 12.1. The lowest BCUT2D eigenvalue weighted by Crippen LogP contribution is -2.64. The first kappa shape index (κ1) is 39.5. The number of aliphatic hydroxyl groups is 2. The van der Waals surface area contributed by atoms with Crippen molar-refractivity contribution in [1.82, 2.24) is 4.90 Å². The van der Waals surface area contributed by atoms with Crippen LogP contribution in [0.1, 0.15) is 93.4 Å². The summed E-state index contributed by atoms with van der Waals surface area (Å²) in [6.07, 6.45) is 9.64. The lowest BCUT2D eigenvalue weighted by atomic mass is 9.78. The van der Waals surface area contributed by atoms with Crippen molar-refractivity contribution < 1.29 is 43.5 Å². The average Bonchev–Trinajstić information content (AvgIpc) is 2.94. The first-order chi connectivity index (χ1) is 21.2. The molecule has 0 radical (unpaired) electrons. The summed E-state index contributed by atoms with van der Waals surface area (Å²) in [7, 11) is 3.79. The predicted molar refractivity (Wildman–Crippen MR) is 173 cm³/mol. The van der Waals surface area contributed by atoms with Crippen LogP contribution < -0.4 is 0 Å². The summed E-state index contributed by atoms with van der Waals surface area (Å²) in [5, 5.41) is 22.7. The highest BCUT2D eigenvalue weighted by Crippen LogP contribution is 2.39. The fraction of sp³-hybridized carbons (Fsp3) is 0.829. The quantitative estimate of drug-likeness (QED) is 0.150. The second-order valence-electron chi connectivity index (χ2n) is 13.7. The number of carbonyl (C=O) groups excluding carboxylic acids is 2. The van der Waals surface area contributed by atoms with Crippen molar-refractivity contribution in [3.05, 3.63) is 24.3 Å². The maximum absolute atomic E-state index is 11.5. The molecular weight excluding hydrogens is 578 g/mol. The molecule has 0 aliphatic carbocycles. The summed E-state index contributed by atoms with van der Waals surface area (Å²) in [5.41, 5.74) is -0.922. The molecule has 0 aromatic rings. The first-order valence-corrected chi connectivity index (χ1v) is 16.8. The molecule has 0 aromatic carbocycles. The number of rotatable bonds is 19. The van der Waals surface area contributed by atoms with Gasteiger partial charge in [-0.25, -0.2) is 0 Å². The first-order valence-electron chi connectivity index (χ1n) is 16.8. The molecule has 2 fully saturated rings. The molecule has 2 saturated heterocycles. The lowest BCUT2D eigenvalue weighted by Gasteiger charge is -2.50. The largest absolute Gasteiger partial charge is 0.465 e. The van der Waals surface area contributed by atoms with E-state index in [4.69, 9.17) is 23.7 Å². The molecule has 2 rings (SSSR count). The van der Waals surface area contributed by atoms with Crippen molar-refractivity contribution in [2.45, 2.75) is 154 Å². The Labute approximate surface area is 271 Å². The molecular formula is C35H61NO9. The van der Waals surface area contributed by atoms with E-state index in [-0.39, 0.29) is 30.1 Å². The van der Waals surface area contributed by atoms with E-state index in [0.29, 0.717) is 38.1 Å². The smallest absolute Gasteiger partial charge is 0.293 e. The van der Waals surface area contributed by atoms with Crippen molar-refractivity contribution in [3.63, 3.8) is 0 Å². The van der Waals surface area contributed by atoms with Crippen molar-refractivity contribution in [3.8, 4) is 0 Å². The Morgan fingerprint density at radius 2 is 1.71 bits per heavy atom. The van der Waals surface area contributed by atoms with Crippen LogP contribution in [-0.2, 0) is 33.3 Å². The van der Waals surface area contributed by atoms with E-state index in [0.717, 1.165) is 25.5 Å². The molecule has 0 amide bonds. The van der Waals surface area contributed by atoms with E-state index in [9.17, 15) is 19.8 Å². The molecule has 45 heavy (non-hydrogen) atoms. The van der Waals surface area contributed by atoms with Gasteiger partial charge in [-0.05, 0) is 86.2 Å². The molecule has 0 saturated carbocycles. The van der Waals surface area contributed by atoms with Gasteiger partial charge >= 0.3 is 0 Å². The monoisotopic (exact) mass is 639 g/mol. The third-order valence-corrected chi connectivity index (χ3v) is 9.48. The summed E-state index contributed by atoms with van der Waals surface area (Å²) >= 11 is 0. The number of hydrogen-bond acceptors (Lipinski definition) is 10. The second-order valence-corrected chi connectivity index (χ2v) is 13.7. The van der Waals surface area contributed by atoms with E-state index in [1.54, 1.807) is 0 Å². The van der Waals surface area contributed by atoms with E-state index in [2.05, 4.69) is 19.9 Å². The SMILES string of the molecule is CCC1C(C)OC(OC2C(C)OC(OC(C)C(CCC=O)CC(C)C/C=C/C=C/CC(C)OC=O)C(O)C2N(C)C)CC1(C)O. The summed E-state index contributed by atoms with van der Waals surface area (Å²) in [4.78, 5) is 23.6. The van der Waals surface area contributed by atoms with Crippen LogP contribution >= 0.6 is 0 Å².